The number of halogens is 1. The SMILES string of the molecule is O=C1OCCCN1c1ccc(N2CCCCC2)c(F)c1. The molecule has 0 aromatic heterocycles. The first kappa shape index (κ1) is 13.2. The zero-order valence-corrected chi connectivity index (χ0v) is 11.5. The van der Waals surface area contributed by atoms with E-state index in [1.165, 1.54) is 17.4 Å². The fourth-order valence-electron chi connectivity index (χ4n) is 2.84. The van der Waals surface area contributed by atoms with Crippen LogP contribution in [0.5, 0.6) is 0 Å². The Hall–Kier alpha value is -1.78. The quantitative estimate of drug-likeness (QED) is 0.833. The van der Waals surface area contributed by atoms with Gasteiger partial charge in [0.2, 0.25) is 0 Å². The summed E-state index contributed by atoms with van der Waals surface area (Å²) in [6.45, 7) is 2.84. The number of ether oxygens (including phenoxy) is 1. The molecule has 0 spiro atoms. The first-order chi connectivity index (χ1) is 9.75. The summed E-state index contributed by atoms with van der Waals surface area (Å²) in [5.74, 6) is -0.261. The summed E-state index contributed by atoms with van der Waals surface area (Å²) in [6, 6.07) is 5.02. The van der Waals surface area contributed by atoms with Crippen LogP contribution in [0.15, 0.2) is 18.2 Å². The predicted molar refractivity (Wildman–Crippen MR) is 75.8 cm³/mol. The molecule has 0 atom stereocenters. The Balaban J connectivity index is 1.81. The third-order valence-corrected chi connectivity index (χ3v) is 3.91. The van der Waals surface area contributed by atoms with Crippen molar-refractivity contribution in [3.05, 3.63) is 24.0 Å². The lowest BCUT2D eigenvalue weighted by atomic mass is 10.1. The maximum absolute atomic E-state index is 14.3. The van der Waals surface area contributed by atoms with E-state index in [9.17, 15) is 9.18 Å². The van der Waals surface area contributed by atoms with Crippen LogP contribution in [0.25, 0.3) is 0 Å². The van der Waals surface area contributed by atoms with Crippen molar-refractivity contribution in [2.24, 2.45) is 0 Å². The minimum atomic E-state index is -0.388. The molecule has 0 aliphatic carbocycles. The average Bonchev–Trinajstić information content (AvgIpc) is 2.48. The highest BCUT2D eigenvalue weighted by molar-refractivity contribution is 5.88. The van der Waals surface area contributed by atoms with Gasteiger partial charge in [0, 0.05) is 19.6 Å². The van der Waals surface area contributed by atoms with Crippen molar-refractivity contribution >= 4 is 17.5 Å². The summed E-state index contributed by atoms with van der Waals surface area (Å²) in [7, 11) is 0. The van der Waals surface area contributed by atoms with Gasteiger partial charge >= 0.3 is 6.09 Å². The Morgan fingerprint density at radius 2 is 1.85 bits per heavy atom. The summed E-state index contributed by atoms with van der Waals surface area (Å²) in [5.41, 5.74) is 1.21. The topological polar surface area (TPSA) is 32.8 Å². The molecule has 0 saturated carbocycles. The van der Waals surface area contributed by atoms with E-state index < -0.39 is 0 Å². The largest absolute Gasteiger partial charge is 0.449 e. The number of hydrogen-bond acceptors (Lipinski definition) is 3. The van der Waals surface area contributed by atoms with Gasteiger partial charge in [-0.05, 0) is 43.9 Å². The van der Waals surface area contributed by atoms with E-state index >= 15 is 0 Å². The number of anilines is 2. The molecule has 4 nitrogen and oxygen atoms in total. The van der Waals surface area contributed by atoms with Crippen molar-refractivity contribution < 1.29 is 13.9 Å². The molecule has 1 amide bonds. The number of piperidine rings is 1. The third kappa shape index (κ3) is 2.57. The van der Waals surface area contributed by atoms with Crippen LogP contribution in [0.3, 0.4) is 0 Å². The van der Waals surface area contributed by atoms with Crippen molar-refractivity contribution in [2.45, 2.75) is 25.7 Å². The summed E-state index contributed by atoms with van der Waals surface area (Å²) in [4.78, 5) is 15.2. The minimum Gasteiger partial charge on any atom is -0.449 e. The van der Waals surface area contributed by atoms with E-state index in [0.717, 1.165) is 32.4 Å². The zero-order valence-electron chi connectivity index (χ0n) is 11.5. The zero-order chi connectivity index (χ0) is 13.9. The van der Waals surface area contributed by atoms with Crippen LogP contribution in [0, 0.1) is 5.82 Å². The second kappa shape index (κ2) is 5.69. The lowest BCUT2D eigenvalue weighted by molar-refractivity contribution is 0.140. The van der Waals surface area contributed by atoms with Crippen molar-refractivity contribution in [3.63, 3.8) is 0 Å². The molecule has 2 aliphatic heterocycles. The Morgan fingerprint density at radius 1 is 1.05 bits per heavy atom. The van der Waals surface area contributed by atoms with Crippen molar-refractivity contribution in [1.82, 2.24) is 0 Å². The van der Waals surface area contributed by atoms with E-state index in [1.54, 1.807) is 12.1 Å². The molecule has 3 rings (SSSR count). The van der Waals surface area contributed by atoms with Gasteiger partial charge in [-0.2, -0.15) is 0 Å². The molecule has 1 aromatic carbocycles. The van der Waals surface area contributed by atoms with Crippen molar-refractivity contribution in [3.8, 4) is 0 Å². The fourth-order valence-corrected chi connectivity index (χ4v) is 2.84. The van der Waals surface area contributed by atoms with E-state index in [1.807, 2.05) is 0 Å². The van der Waals surface area contributed by atoms with E-state index in [0.29, 0.717) is 24.5 Å². The highest BCUT2D eigenvalue weighted by Gasteiger charge is 2.23. The van der Waals surface area contributed by atoms with Crippen LogP contribution in [-0.4, -0.2) is 32.3 Å². The molecule has 2 fully saturated rings. The van der Waals surface area contributed by atoms with Gasteiger partial charge in [0.1, 0.15) is 5.82 Å². The Morgan fingerprint density at radius 3 is 2.55 bits per heavy atom. The van der Waals surface area contributed by atoms with Crippen LogP contribution < -0.4 is 9.80 Å². The number of nitrogens with zero attached hydrogens (tertiary/aromatic N) is 2. The number of benzene rings is 1. The molecular formula is C15H19FN2O2. The lowest BCUT2D eigenvalue weighted by Crippen LogP contribution is -2.37. The highest BCUT2D eigenvalue weighted by Crippen LogP contribution is 2.28. The van der Waals surface area contributed by atoms with Crippen molar-refractivity contribution in [2.75, 3.05) is 36.0 Å². The Labute approximate surface area is 118 Å². The number of rotatable bonds is 2. The van der Waals surface area contributed by atoms with Crippen LogP contribution in [-0.2, 0) is 4.74 Å². The predicted octanol–water partition coefficient (Wildman–Crippen LogP) is 3.16. The van der Waals surface area contributed by atoms with E-state index in [4.69, 9.17) is 4.74 Å². The van der Waals surface area contributed by atoms with E-state index in [-0.39, 0.29) is 11.9 Å². The van der Waals surface area contributed by atoms with Crippen LogP contribution >= 0.6 is 0 Å². The van der Waals surface area contributed by atoms with Gasteiger partial charge in [-0.15, -0.1) is 0 Å². The van der Waals surface area contributed by atoms with Gasteiger partial charge in [0.25, 0.3) is 0 Å². The van der Waals surface area contributed by atoms with Gasteiger partial charge in [0.15, 0.2) is 0 Å². The van der Waals surface area contributed by atoms with Gasteiger partial charge < -0.3 is 9.64 Å². The van der Waals surface area contributed by atoms with Gasteiger partial charge in [-0.25, -0.2) is 9.18 Å². The fraction of sp³-hybridized carbons (Fsp3) is 0.533. The maximum Gasteiger partial charge on any atom is 0.414 e. The van der Waals surface area contributed by atoms with Crippen LogP contribution in [0.4, 0.5) is 20.6 Å². The molecule has 5 heteroatoms. The summed E-state index contributed by atoms with van der Waals surface area (Å²) in [5, 5.41) is 0. The molecule has 20 heavy (non-hydrogen) atoms. The normalized spacial score (nSPS) is 19.9. The number of hydrogen-bond donors (Lipinski definition) is 0. The first-order valence-corrected chi connectivity index (χ1v) is 7.24. The molecule has 1 aromatic rings. The molecular weight excluding hydrogens is 259 g/mol. The number of amides is 1. The molecule has 0 N–H and O–H groups in total. The number of carbonyl (C=O) groups is 1. The molecule has 0 bridgehead atoms. The van der Waals surface area contributed by atoms with Crippen molar-refractivity contribution in [1.29, 1.82) is 0 Å². The molecule has 2 heterocycles. The molecule has 0 radical (unpaired) electrons. The second-order valence-corrected chi connectivity index (χ2v) is 5.30. The highest BCUT2D eigenvalue weighted by atomic mass is 19.1. The third-order valence-electron chi connectivity index (χ3n) is 3.91. The molecule has 108 valence electrons. The maximum atomic E-state index is 14.3. The average molecular weight is 278 g/mol. The Bertz CT molecular complexity index is 501. The Kier molecular flexibility index (Phi) is 3.76. The minimum absolute atomic E-state index is 0.261. The van der Waals surface area contributed by atoms with Gasteiger partial charge in [-0.1, -0.05) is 0 Å². The number of cyclic esters (lactones) is 1. The van der Waals surface area contributed by atoms with Crippen LogP contribution in [0.2, 0.25) is 0 Å². The van der Waals surface area contributed by atoms with Crippen LogP contribution in [0.1, 0.15) is 25.7 Å². The summed E-state index contributed by atoms with van der Waals surface area (Å²) >= 11 is 0. The first-order valence-electron chi connectivity index (χ1n) is 7.24. The monoisotopic (exact) mass is 278 g/mol. The smallest absolute Gasteiger partial charge is 0.414 e. The number of carbonyl (C=O) groups excluding carboxylic acids is 1. The van der Waals surface area contributed by atoms with E-state index in [2.05, 4.69) is 4.90 Å². The lowest BCUT2D eigenvalue weighted by Gasteiger charge is -2.30. The molecule has 2 saturated heterocycles. The van der Waals surface area contributed by atoms with Gasteiger partial charge in [-0.3, -0.25) is 4.90 Å². The molecule has 0 unspecified atom stereocenters. The standard InChI is InChI=1S/C15H19FN2O2/c16-13-11-12(18-9-4-10-20-15(18)19)5-6-14(13)17-7-2-1-3-8-17/h5-6,11H,1-4,7-10H2. The molecule has 2 aliphatic rings. The summed E-state index contributed by atoms with van der Waals surface area (Å²) < 4.78 is 19.3. The van der Waals surface area contributed by atoms with Gasteiger partial charge in [0.05, 0.1) is 18.0 Å². The summed E-state index contributed by atoms with van der Waals surface area (Å²) in [6.07, 6.45) is 3.83. The second-order valence-electron chi connectivity index (χ2n) is 5.30.